The number of carbonyl (C=O) groups is 1. The number of ether oxygens (including phenoxy) is 1. The van der Waals surface area contributed by atoms with Crippen molar-refractivity contribution >= 4 is 17.7 Å². The van der Waals surface area contributed by atoms with Crippen molar-refractivity contribution in [2.24, 2.45) is 17.6 Å². The first kappa shape index (κ1) is 15.2. The molecule has 19 heavy (non-hydrogen) atoms. The van der Waals surface area contributed by atoms with Gasteiger partial charge in [0.05, 0.1) is 0 Å². The van der Waals surface area contributed by atoms with Crippen LogP contribution in [0.5, 0.6) is 0 Å². The summed E-state index contributed by atoms with van der Waals surface area (Å²) in [5, 5.41) is 0. The van der Waals surface area contributed by atoms with Gasteiger partial charge in [-0.05, 0) is 57.1 Å². The zero-order valence-electron chi connectivity index (χ0n) is 12.6. The van der Waals surface area contributed by atoms with E-state index in [9.17, 15) is 4.79 Å². The van der Waals surface area contributed by atoms with E-state index >= 15 is 0 Å². The van der Waals surface area contributed by atoms with E-state index in [1.165, 1.54) is 19.3 Å². The fourth-order valence-corrected chi connectivity index (χ4v) is 4.08. The molecule has 0 heterocycles. The summed E-state index contributed by atoms with van der Waals surface area (Å²) >= 11 is 1.74. The first-order valence-electron chi connectivity index (χ1n) is 7.28. The molecule has 2 aliphatic carbocycles. The highest BCUT2D eigenvalue weighted by molar-refractivity contribution is 7.99. The third kappa shape index (κ3) is 3.46. The monoisotopic (exact) mass is 285 g/mol. The predicted octanol–water partition coefficient (Wildman–Crippen LogP) is 2.97. The van der Waals surface area contributed by atoms with Gasteiger partial charge in [-0.2, -0.15) is 11.8 Å². The van der Waals surface area contributed by atoms with Gasteiger partial charge >= 0.3 is 5.97 Å². The highest BCUT2D eigenvalue weighted by Crippen LogP contribution is 2.46. The minimum Gasteiger partial charge on any atom is -0.461 e. The first-order chi connectivity index (χ1) is 8.73. The SMILES string of the molecule is CSC(C)(C)C[C@@](C)(N)C(=O)OC1CC2CCC1C2. The average molecular weight is 285 g/mol. The molecule has 2 aliphatic rings. The van der Waals surface area contributed by atoms with Crippen LogP contribution in [0.15, 0.2) is 0 Å². The minimum absolute atomic E-state index is 0.00278. The van der Waals surface area contributed by atoms with E-state index in [1.807, 2.05) is 0 Å². The number of rotatable bonds is 5. The molecule has 0 spiro atoms. The maximum Gasteiger partial charge on any atom is 0.326 e. The molecule has 3 nitrogen and oxygen atoms in total. The van der Waals surface area contributed by atoms with Gasteiger partial charge in [0.15, 0.2) is 0 Å². The molecule has 0 aromatic rings. The van der Waals surface area contributed by atoms with Crippen molar-refractivity contribution in [3.8, 4) is 0 Å². The normalized spacial score (nSPS) is 33.2. The molecule has 0 aromatic carbocycles. The molecule has 110 valence electrons. The van der Waals surface area contributed by atoms with E-state index in [-0.39, 0.29) is 16.8 Å². The van der Waals surface area contributed by atoms with Crippen molar-refractivity contribution in [1.82, 2.24) is 0 Å². The van der Waals surface area contributed by atoms with E-state index in [0.29, 0.717) is 12.3 Å². The summed E-state index contributed by atoms with van der Waals surface area (Å²) in [5.74, 6) is 1.17. The molecule has 0 amide bonds. The van der Waals surface area contributed by atoms with Gasteiger partial charge in [0.25, 0.3) is 0 Å². The molecule has 2 fully saturated rings. The first-order valence-corrected chi connectivity index (χ1v) is 8.51. The smallest absolute Gasteiger partial charge is 0.326 e. The maximum absolute atomic E-state index is 12.3. The summed E-state index contributed by atoms with van der Waals surface area (Å²) in [7, 11) is 0. The van der Waals surface area contributed by atoms with Crippen LogP contribution < -0.4 is 5.73 Å². The van der Waals surface area contributed by atoms with Crippen LogP contribution in [0, 0.1) is 11.8 Å². The van der Waals surface area contributed by atoms with Crippen LogP contribution in [0.1, 0.15) is 52.9 Å². The number of hydrogen-bond donors (Lipinski definition) is 1. The summed E-state index contributed by atoms with van der Waals surface area (Å²) < 4.78 is 5.72. The van der Waals surface area contributed by atoms with E-state index < -0.39 is 5.54 Å². The molecular formula is C15H27NO2S. The van der Waals surface area contributed by atoms with E-state index in [4.69, 9.17) is 10.5 Å². The Labute approximate surface area is 121 Å². The quantitative estimate of drug-likeness (QED) is 0.789. The van der Waals surface area contributed by atoms with Crippen LogP contribution in [0.4, 0.5) is 0 Å². The fourth-order valence-electron chi connectivity index (χ4n) is 3.63. The van der Waals surface area contributed by atoms with Crippen molar-refractivity contribution < 1.29 is 9.53 Å². The van der Waals surface area contributed by atoms with Crippen molar-refractivity contribution in [3.63, 3.8) is 0 Å². The van der Waals surface area contributed by atoms with Gasteiger partial charge in [-0.15, -0.1) is 0 Å². The number of hydrogen-bond acceptors (Lipinski definition) is 4. The number of esters is 1. The molecule has 0 aromatic heterocycles. The summed E-state index contributed by atoms with van der Waals surface area (Å²) in [6.45, 7) is 6.04. The van der Waals surface area contributed by atoms with Crippen LogP contribution in [0.2, 0.25) is 0 Å². The summed E-state index contributed by atoms with van der Waals surface area (Å²) in [6.07, 6.45) is 7.66. The molecule has 2 N–H and O–H groups in total. The van der Waals surface area contributed by atoms with Crippen molar-refractivity contribution in [3.05, 3.63) is 0 Å². The highest BCUT2D eigenvalue weighted by Gasteiger charge is 2.44. The van der Waals surface area contributed by atoms with Crippen LogP contribution in [-0.2, 0) is 9.53 Å². The molecule has 0 radical (unpaired) electrons. The van der Waals surface area contributed by atoms with E-state index in [2.05, 4.69) is 20.1 Å². The van der Waals surface area contributed by atoms with Gasteiger partial charge in [-0.25, -0.2) is 0 Å². The molecule has 4 heteroatoms. The third-order valence-electron chi connectivity index (χ3n) is 4.74. The maximum atomic E-state index is 12.3. The molecule has 0 saturated heterocycles. The van der Waals surface area contributed by atoms with Crippen LogP contribution in [0.3, 0.4) is 0 Å². The number of nitrogens with two attached hydrogens (primary N) is 1. The minimum atomic E-state index is -0.881. The van der Waals surface area contributed by atoms with E-state index in [0.717, 1.165) is 12.3 Å². The Balaban J connectivity index is 1.91. The van der Waals surface area contributed by atoms with Crippen LogP contribution in [0.25, 0.3) is 0 Å². The van der Waals surface area contributed by atoms with Gasteiger partial charge in [-0.3, -0.25) is 4.79 Å². The standard InChI is InChI=1S/C15H27NO2S/c1-14(2,19-4)9-15(3,16)13(17)18-12-8-10-5-6-11(12)7-10/h10-12H,5-9,16H2,1-4H3/t10?,11?,12?,15-/m1/s1. The third-order valence-corrected chi connectivity index (χ3v) is 5.99. The zero-order chi connectivity index (χ0) is 14.3. The Kier molecular flexibility index (Phi) is 4.22. The second-order valence-electron chi connectivity index (χ2n) is 7.18. The molecule has 3 unspecified atom stereocenters. The lowest BCUT2D eigenvalue weighted by molar-refractivity contribution is -0.158. The van der Waals surface area contributed by atoms with Gasteiger partial charge in [-0.1, -0.05) is 13.8 Å². The second-order valence-corrected chi connectivity index (χ2v) is 8.69. The molecule has 2 saturated carbocycles. The number of fused-ring (bicyclic) bond motifs is 2. The Hall–Kier alpha value is -0.220. The second kappa shape index (κ2) is 5.28. The summed E-state index contributed by atoms with van der Waals surface area (Å²) in [4.78, 5) is 12.3. The van der Waals surface area contributed by atoms with Crippen LogP contribution in [-0.4, -0.2) is 28.6 Å². The highest BCUT2D eigenvalue weighted by atomic mass is 32.2. The lowest BCUT2D eigenvalue weighted by atomic mass is 9.90. The summed E-state index contributed by atoms with van der Waals surface area (Å²) in [5.41, 5.74) is 5.33. The number of thioether (sulfide) groups is 1. The van der Waals surface area contributed by atoms with Gasteiger partial charge in [0.2, 0.25) is 0 Å². The lowest BCUT2D eigenvalue weighted by Crippen LogP contribution is -2.51. The largest absolute Gasteiger partial charge is 0.461 e. The van der Waals surface area contributed by atoms with Crippen molar-refractivity contribution in [2.45, 2.75) is 69.3 Å². The summed E-state index contributed by atoms with van der Waals surface area (Å²) in [6, 6.07) is 0. The lowest BCUT2D eigenvalue weighted by Gasteiger charge is -2.33. The molecule has 2 rings (SSSR count). The van der Waals surface area contributed by atoms with Crippen molar-refractivity contribution in [1.29, 1.82) is 0 Å². The Bertz CT molecular complexity index is 354. The van der Waals surface area contributed by atoms with Gasteiger partial charge in [0.1, 0.15) is 11.6 Å². The number of carbonyl (C=O) groups excluding carboxylic acids is 1. The average Bonchev–Trinajstić information content (AvgIpc) is 2.89. The van der Waals surface area contributed by atoms with Gasteiger partial charge in [0, 0.05) is 4.75 Å². The molecular weight excluding hydrogens is 258 g/mol. The van der Waals surface area contributed by atoms with Crippen LogP contribution >= 0.6 is 11.8 Å². The topological polar surface area (TPSA) is 52.3 Å². The molecule has 2 bridgehead atoms. The van der Waals surface area contributed by atoms with Crippen molar-refractivity contribution in [2.75, 3.05) is 6.26 Å². The van der Waals surface area contributed by atoms with E-state index in [1.54, 1.807) is 18.7 Å². The zero-order valence-corrected chi connectivity index (χ0v) is 13.4. The predicted molar refractivity (Wildman–Crippen MR) is 80.1 cm³/mol. The Morgan fingerprint density at radius 1 is 1.32 bits per heavy atom. The van der Waals surface area contributed by atoms with Gasteiger partial charge < -0.3 is 10.5 Å². The Morgan fingerprint density at radius 2 is 2.00 bits per heavy atom. The molecule has 0 aliphatic heterocycles. The fraction of sp³-hybridized carbons (Fsp3) is 0.933. The Morgan fingerprint density at radius 3 is 2.47 bits per heavy atom. The molecule has 4 atom stereocenters.